The highest BCUT2D eigenvalue weighted by atomic mass is 32.1. The van der Waals surface area contributed by atoms with Crippen LogP contribution in [0.5, 0.6) is 0 Å². The second-order valence-corrected chi connectivity index (χ2v) is 5.91. The number of hydrogen-bond acceptors (Lipinski definition) is 4. The minimum atomic E-state index is 0.363. The molecule has 2 heterocycles. The van der Waals surface area contributed by atoms with E-state index < -0.39 is 0 Å². The summed E-state index contributed by atoms with van der Waals surface area (Å²) in [6.07, 6.45) is 2.79. The summed E-state index contributed by atoms with van der Waals surface area (Å²) < 4.78 is 0. The number of aromatic nitrogens is 1. The first-order chi connectivity index (χ1) is 9.16. The molecule has 0 aliphatic rings. The van der Waals surface area contributed by atoms with Gasteiger partial charge in [-0.3, -0.25) is 4.98 Å². The lowest BCUT2D eigenvalue weighted by atomic mass is 10.1. The summed E-state index contributed by atoms with van der Waals surface area (Å²) in [6, 6.07) is 8.21. The summed E-state index contributed by atoms with van der Waals surface area (Å²) in [4.78, 5) is 8.29. The molecule has 3 nitrogen and oxygen atoms in total. The van der Waals surface area contributed by atoms with Crippen molar-refractivity contribution in [2.45, 2.75) is 13.0 Å². The van der Waals surface area contributed by atoms with Gasteiger partial charge in [-0.1, -0.05) is 24.4 Å². The Balaban J connectivity index is 1.95. The van der Waals surface area contributed by atoms with Crippen LogP contribution in [0.2, 0.25) is 0 Å². The van der Waals surface area contributed by atoms with Crippen LogP contribution in [0.15, 0.2) is 35.8 Å². The predicted molar refractivity (Wildman–Crippen MR) is 84.5 cm³/mol. The van der Waals surface area contributed by atoms with Crippen LogP contribution >= 0.6 is 23.6 Å². The molecule has 0 atom stereocenters. The predicted octanol–water partition coefficient (Wildman–Crippen LogP) is 2.45. The molecule has 5 heteroatoms. The van der Waals surface area contributed by atoms with E-state index in [9.17, 15) is 0 Å². The molecule has 0 amide bonds. The summed E-state index contributed by atoms with van der Waals surface area (Å²) in [5, 5.41) is 2.11. The van der Waals surface area contributed by atoms with Gasteiger partial charge in [-0.05, 0) is 36.5 Å². The van der Waals surface area contributed by atoms with E-state index in [4.69, 9.17) is 18.0 Å². The van der Waals surface area contributed by atoms with Gasteiger partial charge in [0.1, 0.15) is 10.7 Å². The Morgan fingerprint density at radius 1 is 1.42 bits per heavy atom. The summed E-state index contributed by atoms with van der Waals surface area (Å²) in [5.74, 6) is 0. The van der Waals surface area contributed by atoms with Crippen molar-refractivity contribution in [3.63, 3.8) is 0 Å². The van der Waals surface area contributed by atoms with Gasteiger partial charge in [0, 0.05) is 24.2 Å². The van der Waals surface area contributed by atoms with E-state index in [0.29, 0.717) is 4.99 Å². The number of nitrogens with two attached hydrogens (primary N) is 1. The van der Waals surface area contributed by atoms with Crippen LogP contribution in [-0.2, 0) is 13.0 Å². The molecule has 0 radical (unpaired) electrons. The van der Waals surface area contributed by atoms with Crippen molar-refractivity contribution in [2.24, 2.45) is 5.73 Å². The van der Waals surface area contributed by atoms with Crippen LogP contribution in [0.3, 0.4) is 0 Å². The maximum absolute atomic E-state index is 5.69. The Labute approximate surface area is 123 Å². The highest BCUT2D eigenvalue weighted by Gasteiger charge is 2.08. The topological polar surface area (TPSA) is 42.2 Å². The molecule has 2 rings (SSSR count). The Kier molecular flexibility index (Phi) is 5.01. The zero-order chi connectivity index (χ0) is 13.7. The van der Waals surface area contributed by atoms with E-state index in [1.165, 1.54) is 4.88 Å². The first kappa shape index (κ1) is 14.1. The molecule has 0 saturated heterocycles. The quantitative estimate of drug-likeness (QED) is 0.830. The Hall–Kier alpha value is -1.30. The minimum absolute atomic E-state index is 0.363. The van der Waals surface area contributed by atoms with Crippen molar-refractivity contribution in [2.75, 3.05) is 13.6 Å². The monoisotopic (exact) mass is 291 g/mol. The van der Waals surface area contributed by atoms with Gasteiger partial charge in [-0.25, -0.2) is 0 Å². The maximum atomic E-state index is 5.69. The Morgan fingerprint density at radius 3 is 2.95 bits per heavy atom. The molecule has 100 valence electrons. The van der Waals surface area contributed by atoms with E-state index in [0.717, 1.165) is 30.8 Å². The van der Waals surface area contributed by atoms with Crippen LogP contribution in [0.1, 0.15) is 16.1 Å². The number of thiophene rings is 1. The molecular weight excluding hydrogens is 274 g/mol. The zero-order valence-electron chi connectivity index (χ0n) is 10.9. The fraction of sp³-hybridized carbons (Fsp3) is 0.286. The van der Waals surface area contributed by atoms with E-state index in [-0.39, 0.29) is 0 Å². The SMILES string of the molecule is CN(CCc1cccs1)Cc1cccnc1C(N)=S. The van der Waals surface area contributed by atoms with Crippen LogP contribution in [0.25, 0.3) is 0 Å². The van der Waals surface area contributed by atoms with Crippen LogP contribution in [0.4, 0.5) is 0 Å². The number of likely N-dealkylation sites (N-methyl/N-ethyl adjacent to an activating group) is 1. The van der Waals surface area contributed by atoms with E-state index >= 15 is 0 Å². The highest BCUT2D eigenvalue weighted by Crippen LogP contribution is 2.12. The number of thiocarbonyl (C=S) groups is 1. The van der Waals surface area contributed by atoms with E-state index in [2.05, 4.69) is 34.4 Å². The van der Waals surface area contributed by atoms with Crippen molar-refractivity contribution in [3.8, 4) is 0 Å². The molecule has 0 aliphatic heterocycles. The summed E-state index contributed by atoms with van der Waals surface area (Å²) in [6.45, 7) is 1.82. The molecule has 0 fully saturated rings. The average molecular weight is 291 g/mol. The van der Waals surface area contributed by atoms with Gasteiger partial charge >= 0.3 is 0 Å². The zero-order valence-corrected chi connectivity index (χ0v) is 12.5. The molecule has 0 saturated carbocycles. The third-order valence-electron chi connectivity index (χ3n) is 2.88. The van der Waals surface area contributed by atoms with Crippen LogP contribution in [-0.4, -0.2) is 28.5 Å². The van der Waals surface area contributed by atoms with Crippen LogP contribution < -0.4 is 5.73 Å². The first-order valence-electron chi connectivity index (χ1n) is 6.11. The highest BCUT2D eigenvalue weighted by molar-refractivity contribution is 7.80. The van der Waals surface area contributed by atoms with Gasteiger partial charge in [0.15, 0.2) is 0 Å². The van der Waals surface area contributed by atoms with Crippen molar-refractivity contribution in [3.05, 3.63) is 52.0 Å². The number of nitrogens with zero attached hydrogens (tertiary/aromatic N) is 2. The Morgan fingerprint density at radius 2 is 2.26 bits per heavy atom. The summed E-state index contributed by atoms with van der Waals surface area (Å²) >= 11 is 6.83. The number of hydrogen-bond donors (Lipinski definition) is 1. The van der Waals surface area contributed by atoms with Gasteiger partial charge in [0.25, 0.3) is 0 Å². The van der Waals surface area contributed by atoms with Gasteiger partial charge < -0.3 is 10.6 Å². The number of pyridine rings is 1. The van der Waals surface area contributed by atoms with Crippen molar-refractivity contribution >= 4 is 28.5 Å². The lowest BCUT2D eigenvalue weighted by molar-refractivity contribution is 0.331. The average Bonchev–Trinajstić information content (AvgIpc) is 2.90. The van der Waals surface area contributed by atoms with E-state index in [1.807, 2.05) is 12.1 Å². The lowest BCUT2D eigenvalue weighted by Crippen LogP contribution is -2.23. The van der Waals surface area contributed by atoms with Gasteiger partial charge in [-0.15, -0.1) is 11.3 Å². The third kappa shape index (κ3) is 4.09. The fourth-order valence-corrected chi connectivity index (χ4v) is 2.80. The molecule has 0 unspecified atom stereocenters. The van der Waals surface area contributed by atoms with Crippen LogP contribution in [0, 0.1) is 0 Å². The van der Waals surface area contributed by atoms with Crippen molar-refractivity contribution < 1.29 is 0 Å². The van der Waals surface area contributed by atoms with Crippen molar-refractivity contribution in [1.82, 2.24) is 9.88 Å². The molecule has 0 bridgehead atoms. The molecule has 0 aliphatic carbocycles. The molecular formula is C14H17N3S2. The second-order valence-electron chi connectivity index (χ2n) is 4.44. The lowest BCUT2D eigenvalue weighted by Gasteiger charge is -2.17. The molecule has 0 spiro atoms. The summed E-state index contributed by atoms with van der Waals surface area (Å²) in [5.41, 5.74) is 7.52. The second kappa shape index (κ2) is 6.75. The largest absolute Gasteiger partial charge is 0.388 e. The minimum Gasteiger partial charge on any atom is -0.388 e. The molecule has 0 aromatic carbocycles. The molecule has 2 aromatic heterocycles. The van der Waals surface area contributed by atoms with Gasteiger partial charge in [-0.2, -0.15) is 0 Å². The maximum Gasteiger partial charge on any atom is 0.123 e. The smallest absolute Gasteiger partial charge is 0.123 e. The molecule has 2 N–H and O–H groups in total. The molecule has 19 heavy (non-hydrogen) atoms. The van der Waals surface area contributed by atoms with Crippen molar-refractivity contribution in [1.29, 1.82) is 0 Å². The normalized spacial score (nSPS) is 10.8. The third-order valence-corrected chi connectivity index (χ3v) is 4.01. The summed E-state index contributed by atoms with van der Waals surface area (Å²) in [7, 11) is 2.10. The van der Waals surface area contributed by atoms with Gasteiger partial charge in [0.2, 0.25) is 0 Å². The standard InChI is InChI=1S/C14H17N3S2/c1-17(8-6-12-5-3-9-19-12)10-11-4-2-7-16-13(11)14(15)18/h2-5,7,9H,6,8,10H2,1H3,(H2,15,18). The molecule has 2 aromatic rings. The van der Waals surface area contributed by atoms with Gasteiger partial charge in [0.05, 0.1) is 0 Å². The first-order valence-corrected chi connectivity index (χ1v) is 7.40. The number of rotatable bonds is 6. The Bertz CT molecular complexity index is 537. The fourth-order valence-electron chi connectivity index (χ4n) is 1.91. The van der Waals surface area contributed by atoms with E-state index in [1.54, 1.807) is 17.5 Å².